The molecular weight excluding hydrogens is 296 g/mol. The number of ketones is 2. The Bertz CT molecular complexity index is 625. The third-order valence-electron chi connectivity index (χ3n) is 2.67. The van der Waals surface area contributed by atoms with Crippen LogP contribution in [0.5, 0.6) is 0 Å². The summed E-state index contributed by atoms with van der Waals surface area (Å²) in [4.78, 5) is 35.9. The summed E-state index contributed by atoms with van der Waals surface area (Å²) in [6.45, 7) is 0. The number of carbonyl (C=O) groups excluding carboxylic acids is 2. The number of thiophene rings is 2. The van der Waals surface area contributed by atoms with Crippen LogP contribution in [-0.4, -0.2) is 22.6 Å². The quantitative estimate of drug-likeness (QED) is 0.630. The number of carboxylic acids is 1. The van der Waals surface area contributed by atoms with Crippen LogP contribution < -0.4 is 0 Å². The van der Waals surface area contributed by atoms with Crippen molar-refractivity contribution in [2.24, 2.45) is 0 Å². The summed E-state index contributed by atoms with van der Waals surface area (Å²) in [7, 11) is 0. The number of aliphatic carboxylic acids is 1. The molecule has 2 heterocycles. The molecule has 104 valence electrons. The molecule has 0 unspecified atom stereocenters. The van der Waals surface area contributed by atoms with Crippen molar-refractivity contribution < 1.29 is 19.5 Å². The second-order valence-corrected chi connectivity index (χ2v) is 6.26. The van der Waals surface area contributed by atoms with Crippen LogP contribution in [-0.2, 0) is 16.0 Å². The van der Waals surface area contributed by atoms with Gasteiger partial charge in [0.25, 0.3) is 0 Å². The molecule has 1 N–H and O–H groups in total. The molecule has 0 saturated heterocycles. The molecule has 0 saturated carbocycles. The minimum absolute atomic E-state index is 0.302. The Balaban J connectivity index is 2.05. The van der Waals surface area contributed by atoms with Gasteiger partial charge in [0.15, 0.2) is 11.6 Å². The lowest BCUT2D eigenvalue weighted by Crippen LogP contribution is -2.12. The van der Waals surface area contributed by atoms with Crippen molar-refractivity contribution in [1.29, 1.82) is 0 Å². The molecule has 2 aromatic rings. The number of rotatable bonds is 7. The summed E-state index contributed by atoms with van der Waals surface area (Å²) < 4.78 is 0. The first kappa shape index (κ1) is 14.6. The van der Waals surface area contributed by atoms with E-state index in [1.165, 1.54) is 11.3 Å². The maximum absolute atomic E-state index is 12.0. The van der Waals surface area contributed by atoms with Gasteiger partial charge in [-0.2, -0.15) is 0 Å². The van der Waals surface area contributed by atoms with E-state index in [0.29, 0.717) is 12.0 Å². The summed E-state index contributed by atoms with van der Waals surface area (Å²) in [6, 6.07) is 5.64. The smallest absolute Gasteiger partial charge is 0.310 e. The zero-order valence-electron chi connectivity index (χ0n) is 10.5. The largest absolute Gasteiger partial charge is 0.481 e. The molecule has 0 fully saturated rings. The maximum Gasteiger partial charge on any atom is 0.310 e. The van der Waals surface area contributed by atoms with Gasteiger partial charge in [-0.05, 0) is 22.9 Å². The Morgan fingerprint density at radius 3 is 2.50 bits per heavy atom. The molecule has 6 heteroatoms. The standard InChI is InChI=1S/C14H12O4S2/c15-9(7-14(17)18)6-12(16)11-3-5-20-13(11)8-10-2-1-4-19-10/h1-5H,6-8H2,(H,17,18). The Labute approximate surface area is 123 Å². The van der Waals surface area contributed by atoms with E-state index < -0.39 is 18.2 Å². The monoisotopic (exact) mass is 308 g/mol. The average molecular weight is 308 g/mol. The van der Waals surface area contributed by atoms with Gasteiger partial charge >= 0.3 is 5.97 Å². The third kappa shape index (κ3) is 3.85. The number of Topliss-reactive ketones (excluding diaryl/α,β-unsaturated/α-hetero) is 2. The molecule has 0 bridgehead atoms. The van der Waals surface area contributed by atoms with Gasteiger partial charge < -0.3 is 5.11 Å². The molecule has 2 rings (SSSR count). The van der Waals surface area contributed by atoms with Gasteiger partial charge in [-0.15, -0.1) is 22.7 Å². The van der Waals surface area contributed by atoms with Crippen molar-refractivity contribution in [1.82, 2.24) is 0 Å². The first-order chi connectivity index (χ1) is 9.56. The van der Waals surface area contributed by atoms with Gasteiger partial charge in [-0.3, -0.25) is 14.4 Å². The lowest BCUT2D eigenvalue weighted by Gasteiger charge is -2.01. The molecule has 2 aromatic heterocycles. The molecule has 0 spiro atoms. The van der Waals surface area contributed by atoms with Crippen LogP contribution in [0.4, 0.5) is 0 Å². The fraction of sp³-hybridized carbons (Fsp3) is 0.214. The number of carbonyl (C=O) groups is 3. The van der Waals surface area contributed by atoms with E-state index in [0.717, 1.165) is 9.75 Å². The van der Waals surface area contributed by atoms with Crippen molar-refractivity contribution in [2.45, 2.75) is 19.3 Å². The number of carboxylic acid groups (broad SMARTS) is 1. The van der Waals surface area contributed by atoms with E-state index in [1.807, 2.05) is 22.9 Å². The predicted molar refractivity (Wildman–Crippen MR) is 77.7 cm³/mol. The molecule has 0 amide bonds. The Kier molecular flexibility index (Phi) is 4.81. The van der Waals surface area contributed by atoms with Crippen LogP contribution in [0.15, 0.2) is 29.0 Å². The van der Waals surface area contributed by atoms with Gasteiger partial charge in [0.1, 0.15) is 6.42 Å². The summed E-state index contributed by atoms with van der Waals surface area (Å²) in [6.07, 6.45) is -0.278. The zero-order chi connectivity index (χ0) is 14.5. The summed E-state index contributed by atoms with van der Waals surface area (Å²) in [5.41, 5.74) is 0.530. The third-order valence-corrected chi connectivity index (χ3v) is 4.46. The molecular formula is C14H12O4S2. The van der Waals surface area contributed by atoms with Crippen molar-refractivity contribution in [3.8, 4) is 0 Å². The van der Waals surface area contributed by atoms with E-state index in [4.69, 9.17) is 5.11 Å². The molecule has 0 radical (unpaired) electrons. The lowest BCUT2D eigenvalue weighted by molar-refractivity contribution is -0.139. The van der Waals surface area contributed by atoms with Crippen molar-refractivity contribution in [3.63, 3.8) is 0 Å². The highest BCUT2D eigenvalue weighted by Crippen LogP contribution is 2.24. The van der Waals surface area contributed by atoms with Crippen LogP contribution in [0.1, 0.15) is 33.0 Å². The second kappa shape index (κ2) is 6.58. The number of hydrogen-bond donors (Lipinski definition) is 1. The topological polar surface area (TPSA) is 71.4 Å². The molecule has 20 heavy (non-hydrogen) atoms. The van der Waals surface area contributed by atoms with Gasteiger partial charge in [0.2, 0.25) is 0 Å². The molecule has 0 aliphatic heterocycles. The van der Waals surface area contributed by atoms with Gasteiger partial charge in [0.05, 0.1) is 6.42 Å². The van der Waals surface area contributed by atoms with Crippen LogP contribution in [0.25, 0.3) is 0 Å². The lowest BCUT2D eigenvalue weighted by atomic mass is 10.0. The fourth-order valence-corrected chi connectivity index (χ4v) is 3.53. The molecule has 0 aromatic carbocycles. The molecule has 4 nitrogen and oxygen atoms in total. The highest BCUT2D eigenvalue weighted by atomic mass is 32.1. The van der Waals surface area contributed by atoms with Crippen molar-refractivity contribution in [3.05, 3.63) is 44.3 Å². The van der Waals surface area contributed by atoms with E-state index in [1.54, 1.807) is 17.4 Å². The molecule has 0 aliphatic rings. The van der Waals surface area contributed by atoms with Crippen molar-refractivity contribution >= 4 is 40.2 Å². The van der Waals surface area contributed by atoms with Crippen LogP contribution in [0, 0.1) is 0 Å². The second-order valence-electron chi connectivity index (χ2n) is 4.22. The summed E-state index contributed by atoms with van der Waals surface area (Å²) >= 11 is 3.09. The van der Waals surface area contributed by atoms with Crippen molar-refractivity contribution in [2.75, 3.05) is 0 Å². The first-order valence-electron chi connectivity index (χ1n) is 5.91. The highest BCUT2D eigenvalue weighted by Gasteiger charge is 2.18. The zero-order valence-corrected chi connectivity index (χ0v) is 12.1. The number of hydrogen-bond acceptors (Lipinski definition) is 5. The normalized spacial score (nSPS) is 10.4. The molecule has 0 aliphatic carbocycles. The van der Waals surface area contributed by atoms with E-state index in [-0.39, 0.29) is 12.2 Å². The Morgan fingerprint density at radius 2 is 1.85 bits per heavy atom. The molecule has 0 atom stereocenters. The van der Waals surface area contributed by atoms with Gasteiger partial charge in [0, 0.05) is 21.7 Å². The summed E-state index contributed by atoms with van der Waals surface area (Å²) in [5.74, 6) is -2.06. The van der Waals surface area contributed by atoms with E-state index in [2.05, 4.69) is 0 Å². The van der Waals surface area contributed by atoms with Crippen LogP contribution in [0.3, 0.4) is 0 Å². The van der Waals surface area contributed by atoms with E-state index >= 15 is 0 Å². The van der Waals surface area contributed by atoms with Crippen LogP contribution in [0.2, 0.25) is 0 Å². The average Bonchev–Trinajstić information content (AvgIpc) is 2.99. The summed E-state index contributed by atoms with van der Waals surface area (Å²) in [5, 5.41) is 12.3. The minimum atomic E-state index is -1.20. The van der Waals surface area contributed by atoms with E-state index in [9.17, 15) is 14.4 Å². The van der Waals surface area contributed by atoms with Gasteiger partial charge in [-0.25, -0.2) is 0 Å². The maximum atomic E-state index is 12.0. The Morgan fingerprint density at radius 1 is 1.05 bits per heavy atom. The highest BCUT2D eigenvalue weighted by molar-refractivity contribution is 7.11. The van der Waals surface area contributed by atoms with Crippen LogP contribution >= 0.6 is 22.7 Å². The van der Waals surface area contributed by atoms with Gasteiger partial charge in [-0.1, -0.05) is 6.07 Å². The minimum Gasteiger partial charge on any atom is -0.481 e. The predicted octanol–water partition coefficient (Wildman–Crippen LogP) is 3.02. The SMILES string of the molecule is O=C(O)CC(=O)CC(=O)c1ccsc1Cc1cccs1. The Hall–Kier alpha value is -1.79. The fourth-order valence-electron chi connectivity index (χ4n) is 1.80. The first-order valence-corrected chi connectivity index (χ1v) is 7.67.